The molecule has 2 N–H and O–H groups in total. The summed E-state index contributed by atoms with van der Waals surface area (Å²) in [5, 5.41) is 0. The third-order valence-electron chi connectivity index (χ3n) is 15.7. The van der Waals surface area contributed by atoms with E-state index in [-0.39, 0.29) is 21.7 Å². The first kappa shape index (κ1) is 50.0. The van der Waals surface area contributed by atoms with E-state index < -0.39 is 36.6 Å². The third kappa shape index (κ3) is 8.90. The average Bonchev–Trinajstić information content (AvgIpc) is 4.09. The molecule has 10 heteroatoms. The number of hydrogen-bond donors (Lipinski definition) is 2. The van der Waals surface area contributed by atoms with Gasteiger partial charge in [-0.3, -0.25) is 0 Å². The Balaban J connectivity index is 1.47. The van der Waals surface area contributed by atoms with Crippen molar-refractivity contribution in [2.75, 3.05) is 0 Å². The molecular formula is C60H76B2N4O4. The number of nitrogens with zero attached hydrogens (tertiary/aromatic N) is 2. The van der Waals surface area contributed by atoms with E-state index in [0.29, 0.717) is 0 Å². The van der Waals surface area contributed by atoms with Crippen molar-refractivity contribution in [3.63, 3.8) is 0 Å². The molecule has 2 saturated heterocycles. The van der Waals surface area contributed by atoms with Gasteiger partial charge in [0.05, 0.1) is 45.2 Å². The van der Waals surface area contributed by atoms with E-state index in [4.69, 9.17) is 28.6 Å². The predicted octanol–water partition coefficient (Wildman–Crippen LogP) is 13.8. The van der Waals surface area contributed by atoms with Gasteiger partial charge in [-0.05, 0) is 159 Å². The van der Waals surface area contributed by atoms with Crippen molar-refractivity contribution >= 4 is 71.5 Å². The molecule has 70 heavy (non-hydrogen) atoms. The maximum atomic E-state index is 6.95. The summed E-state index contributed by atoms with van der Waals surface area (Å²) < 4.78 is 27.7. The summed E-state index contributed by atoms with van der Waals surface area (Å²) in [6.07, 6.45) is 8.49. The summed E-state index contributed by atoms with van der Waals surface area (Å²) in [6.45, 7) is 44.2. The van der Waals surface area contributed by atoms with Gasteiger partial charge in [-0.25, -0.2) is 9.97 Å². The first-order valence-electron chi connectivity index (χ1n) is 25.3. The quantitative estimate of drug-likeness (QED) is 0.171. The third-order valence-corrected chi connectivity index (χ3v) is 15.7. The maximum Gasteiger partial charge on any atom is 0.499 e. The lowest BCUT2D eigenvalue weighted by Gasteiger charge is -2.32. The predicted molar refractivity (Wildman–Crippen MR) is 296 cm³/mol. The minimum absolute atomic E-state index is 0.111. The summed E-state index contributed by atoms with van der Waals surface area (Å²) >= 11 is 0. The molecular weight excluding hydrogens is 862 g/mol. The average molecular weight is 939 g/mol. The number of benzene rings is 2. The van der Waals surface area contributed by atoms with Gasteiger partial charge in [0, 0.05) is 44.1 Å². The van der Waals surface area contributed by atoms with E-state index in [1.165, 1.54) is 22.3 Å². The Hall–Kier alpha value is -4.99. The number of H-pyrrole nitrogens is 2. The van der Waals surface area contributed by atoms with Crippen LogP contribution in [0.3, 0.4) is 0 Å². The van der Waals surface area contributed by atoms with E-state index in [9.17, 15) is 0 Å². The topological polar surface area (TPSA) is 94.3 Å². The van der Waals surface area contributed by atoms with E-state index >= 15 is 0 Å². The molecule has 4 aliphatic rings. The Kier molecular flexibility index (Phi) is 11.6. The zero-order chi connectivity index (χ0) is 51.1. The fourth-order valence-corrected chi connectivity index (χ4v) is 9.55. The normalized spacial score (nSPS) is 18.6. The van der Waals surface area contributed by atoms with Crippen molar-refractivity contribution in [1.82, 2.24) is 19.9 Å². The van der Waals surface area contributed by atoms with E-state index in [2.05, 4.69) is 233 Å². The van der Waals surface area contributed by atoms with Gasteiger partial charge in [0.2, 0.25) is 0 Å². The molecule has 8 bridgehead atoms. The summed E-state index contributed by atoms with van der Waals surface area (Å²) in [5.41, 5.74) is 14.7. The Bertz CT molecular complexity index is 2900. The second kappa shape index (κ2) is 16.3. The number of rotatable bonds is 4. The molecule has 2 aromatic carbocycles. The molecule has 2 fully saturated rings. The lowest BCUT2D eigenvalue weighted by atomic mass is 9.76. The molecule has 3 aromatic heterocycles. The van der Waals surface area contributed by atoms with Crippen LogP contribution in [0, 0.1) is 0 Å². The fraction of sp³-hybridized carbons (Fsp3) is 0.467. The first-order valence-corrected chi connectivity index (χ1v) is 25.3. The standard InChI is InChI=1S/C60H76B2N4O4/c1-53(2,3)37-29-35(30-38(33-37)54(4,5)6)49-41-21-25-45(63-41)51(61-67-57(13,14)58(15,16)68-61)47-27-23-43(65-47)50(36-31-39(55(7,8)9)34-40(32-36)56(10,11)12)44-24-28-48(66-44)52(46-26-22-42(49)64-46)62-69-59(17,18)60(19,20)70-62/h21-34,63,65H,1-20H3. The maximum absolute atomic E-state index is 6.95. The smallest absolute Gasteiger partial charge is 0.399 e. The van der Waals surface area contributed by atoms with Crippen LogP contribution in [0.1, 0.15) is 184 Å². The Labute approximate surface area is 418 Å². The summed E-state index contributed by atoms with van der Waals surface area (Å²) in [6, 6.07) is 22.8. The second-order valence-electron chi connectivity index (χ2n) is 26.4. The molecule has 7 heterocycles. The van der Waals surface area contributed by atoms with Crippen molar-refractivity contribution < 1.29 is 18.6 Å². The summed E-state index contributed by atoms with van der Waals surface area (Å²) in [5.74, 6) is 0. The van der Waals surface area contributed by atoms with E-state index in [1.807, 2.05) is 0 Å². The first-order chi connectivity index (χ1) is 32.1. The van der Waals surface area contributed by atoms with Gasteiger partial charge in [0.15, 0.2) is 0 Å². The highest BCUT2D eigenvalue weighted by atomic mass is 16.7. The molecule has 0 radical (unpaired) electrons. The van der Waals surface area contributed by atoms with E-state index in [1.54, 1.807) is 0 Å². The van der Waals surface area contributed by atoms with Crippen LogP contribution in [0.15, 0.2) is 60.7 Å². The molecule has 5 aromatic rings. The van der Waals surface area contributed by atoms with Crippen LogP contribution in [-0.4, -0.2) is 56.6 Å². The lowest BCUT2D eigenvalue weighted by Crippen LogP contribution is -2.41. The monoisotopic (exact) mass is 939 g/mol. The summed E-state index contributed by atoms with van der Waals surface area (Å²) in [7, 11) is -1.42. The van der Waals surface area contributed by atoms with Gasteiger partial charge < -0.3 is 28.6 Å². The SMILES string of the molecule is CC(C)(C)c1cc(-c2c3nc(c(B4OC(C)(C)C(C)(C)O4)c4nc(c(-c5cc(C(C)(C)C)cc(C(C)(C)C)c5)c5ccc([nH]5)c(B5OC(C)(C)C(C)(C)O5)c5ccc2[nH]5)C=C4)C=C3)cc(C(C)(C)C)c1. The van der Waals surface area contributed by atoms with Crippen LogP contribution in [0.2, 0.25) is 0 Å². The van der Waals surface area contributed by atoms with Gasteiger partial charge in [-0.2, -0.15) is 0 Å². The van der Waals surface area contributed by atoms with Gasteiger partial charge in [-0.1, -0.05) is 119 Å². The Morgan fingerprint density at radius 1 is 0.371 bits per heavy atom. The van der Waals surface area contributed by atoms with Crippen LogP contribution in [0.5, 0.6) is 0 Å². The highest BCUT2D eigenvalue weighted by Crippen LogP contribution is 2.43. The number of aromatic amines is 2. The van der Waals surface area contributed by atoms with Gasteiger partial charge in [-0.15, -0.1) is 0 Å². The van der Waals surface area contributed by atoms with Crippen LogP contribution >= 0.6 is 0 Å². The van der Waals surface area contributed by atoms with E-state index in [0.717, 1.165) is 78.0 Å². The molecule has 8 nitrogen and oxygen atoms in total. The molecule has 0 unspecified atom stereocenters. The van der Waals surface area contributed by atoms with Gasteiger partial charge in [0.25, 0.3) is 0 Å². The van der Waals surface area contributed by atoms with Crippen LogP contribution in [-0.2, 0) is 40.3 Å². The zero-order valence-corrected chi connectivity index (χ0v) is 45.8. The van der Waals surface area contributed by atoms with Gasteiger partial charge >= 0.3 is 14.2 Å². The van der Waals surface area contributed by atoms with Crippen LogP contribution in [0.25, 0.3) is 68.6 Å². The molecule has 4 aliphatic heterocycles. The molecule has 9 rings (SSSR count). The number of fused-ring (bicyclic) bond motifs is 8. The Morgan fingerprint density at radius 2 is 0.643 bits per heavy atom. The van der Waals surface area contributed by atoms with Crippen molar-refractivity contribution in [3.05, 3.63) is 106 Å². The number of nitrogens with one attached hydrogen (secondary N) is 2. The van der Waals surface area contributed by atoms with Crippen molar-refractivity contribution in [3.8, 4) is 22.3 Å². The van der Waals surface area contributed by atoms with Gasteiger partial charge in [0.1, 0.15) is 0 Å². The number of aromatic nitrogens is 4. The van der Waals surface area contributed by atoms with Crippen LogP contribution in [0.4, 0.5) is 0 Å². The molecule has 0 aliphatic carbocycles. The second-order valence-corrected chi connectivity index (χ2v) is 26.4. The molecule has 0 saturated carbocycles. The van der Waals surface area contributed by atoms with Crippen molar-refractivity contribution in [2.45, 2.75) is 183 Å². The van der Waals surface area contributed by atoms with Crippen LogP contribution < -0.4 is 10.9 Å². The zero-order valence-electron chi connectivity index (χ0n) is 45.8. The van der Waals surface area contributed by atoms with Crippen molar-refractivity contribution in [1.29, 1.82) is 0 Å². The van der Waals surface area contributed by atoms with Crippen molar-refractivity contribution in [2.24, 2.45) is 0 Å². The largest absolute Gasteiger partial charge is 0.499 e. The minimum atomic E-state index is -0.735. The summed E-state index contributed by atoms with van der Waals surface area (Å²) in [4.78, 5) is 19.1. The molecule has 0 amide bonds. The lowest BCUT2D eigenvalue weighted by molar-refractivity contribution is 0.00578. The highest BCUT2D eigenvalue weighted by Gasteiger charge is 2.54. The number of hydrogen-bond acceptors (Lipinski definition) is 6. The molecule has 366 valence electrons. The minimum Gasteiger partial charge on any atom is -0.399 e. The fourth-order valence-electron chi connectivity index (χ4n) is 9.55. The Morgan fingerprint density at radius 3 is 0.943 bits per heavy atom. The molecule has 0 atom stereocenters. The molecule has 0 spiro atoms. The highest BCUT2D eigenvalue weighted by molar-refractivity contribution is 6.66.